The van der Waals surface area contributed by atoms with E-state index in [-0.39, 0.29) is 50.5 Å². The highest BCUT2D eigenvalue weighted by Gasteiger charge is 2.39. The van der Waals surface area contributed by atoms with Gasteiger partial charge in [-0.3, -0.25) is 28.8 Å². The SMILES string of the molecule is CC(O)C1NC(=O)C(CCCCN)NC(=O)C(Cc2c[nH]c3ccccc23)NC(=O)C(Cc2ccccc2)NC(=O)CC2(CCCCC2)SSCC(C(=O)NCCO)NC1=O. The number of aromatic nitrogens is 1. The average Bonchev–Trinajstić information content (AvgIpc) is 3.66. The van der Waals surface area contributed by atoms with E-state index in [9.17, 15) is 39.0 Å². The molecule has 1 aromatic heterocycles. The third-order valence-electron chi connectivity index (χ3n) is 11.1. The first-order valence-electron chi connectivity index (χ1n) is 21.1. The molecule has 61 heavy (non-hydrogen) atoms. The summed E-state index contributed by atoms with van der Waals surface area (Å²) in [4.78, 5) is 87.6. The molecule has 0 bridgehead atoms. The van der Waals surface area contributed by atoms with Crippen LogP contribution in [0, 0.1) is 0 Å². The van der Waals surface area contributed by atoms with Crippen LogP contribution in [-0.2, 0) is 41.6 Å². The Kier molecular flexibility index (Phi) is 18.3. The van der Waals surface area contributed by atoms with Crippen molar-refractivity contribution >= 4 is 67.9 Å². The fourth-order valence-corrected chi connectivity index (χ4v) is 11.1. The Bertz CT molecular complexity index is 1940. The van der Waals surface area contributed by atoms with E-state index >= 15 is 0 Å². The van der Waals surface area contributed by atoms with Crippen molar-refractivity contribution in [2.75, 3.05) is 25.4 Å². The molecular formula is C43H60N8O8S2. The fourth-order valence-electron chi connectivity index (χ4n) is 7.75. The van der Waals surface area contributed by atoms with Crippen LogP contribution in [0.15, 0.2) is 60.8 Å². The van der Waals surface area contributed by atoms with E-state index in [2.05, 4.69) is 36.9 Å². The number of aliphatic hydroxyl groups is 2. The lowest BCUT2D eigenvalue weighted by molar-refractivity contribution is -0.136. The Morgan fingerprint density at radius 2 is 1.51 bits per heavy atom. The Morgan fingerprint density at radius 3 is 2.21 bits per heavy atom. The summed E-state index contributed by atoms with van der Waals surface area (Å²) in [6, 6.07) is 10.6. The van der Waals surface area contributed by atoms with Crippen molar-refractivity contribution in [3.8, 4) is 0 Å². The molecule has 11 N–H and O–H groups in total. The monoisotopic (exact) mass is 880 g/mol. The van der Waals surface area contributed by atoms with Crippen molar-refractivity contribution in [2.45, 2.75) is 119 Å². The molecule has 0 radical (unpaired) electrons. The number of fused-ring (bicyclic) bond motifs is 1. The van der Waals surface area contributed by atoms with Gasteiger partial charge in [0.2, 0.25) is 35.4 Å². The molecule has 5 rings (SSSR count). The smallest absolute Gasteiger partial charge is 0.245 e. The molecule has 6 atom stereocenters. The summed E-state index contributed by atoms with van der Waals surface area (Å²) in [6.45, 7) is 1.26. The van der Waals surface area contributed by atoms with Gasteiger partial charge in [-0.05, 0) is 62.8 Å². The van der Waals surface area contributed by atoms with E-state index < -0.39 is 70.6 Å². The largest absolute Gasteiger partial charge is 0.395 e. The Hall–Kier alpha value is -4.62. The quantitative estimate of drug-likeness (QED) is 0.0921. The van der Waals surface area contributed by atoms with Gasteiger partial charge in [0, 0.05) is 53.4 Å². The first kappa shape index (κ1) is 47.4. The number of aliphatic hydroxyl groups excluding tert-OH is 2. The molecule has 1 saturated carbocycles. The minimum atomic E-state index is -1.52. The van der Waals surface area contributed by atoms with E-state index in [1.807, 2.05) is 54.6 Å². The molecular weight excluding hydrogens is 821 g/mol. The highest BCUT2D eigenvalue weighted by molar-refractivity contribution is 8.77. The van der Waals surface area contributed by atoms with Crippen LogP contribution in [0.4, 0.5) is 0 Å². The number of hydrogen-bond donors (Lipinski definition) is 10. The number of amides is 6. The van der Waals surface area contributed by atoms with Crippen LogP contribution in [0.2, 0.25) is 0 Å². The first-order chi connectivity index (χ1) is 29.4. The van der Waals surface area contributed by atoms with Gasteiger partial charge in [-0.1, -0.05) is 89.4 Å². The normalized spacial score (nSPS) is 24.1. The zero-order chi connectivity index (χ0) is 43.8. The van der Waals surface area contributed by atoms with E-state index in [1.165, 1.54) is 28.5 Å². The molecule has 18 heteroatoms. The van der Waals surface area contributed by atoms with Crippen molar-refractivity contribution in [1.29, 1.82) is 0 Å². The number of rotatable bonds is 12. The third kappa shape index (κ3) is 13.9. The number of unbranched alkanes of at least 4 members (excludes halogenated alkanes) is 1. The van der Waals surface area contributed by atoms with Crippen LogP contribution in [0.25, 0.3) is 10.9 Å². The van der Waals surface area contributed by atoms with Gasteiger partial charge in [0.1, 0.15) is 30.2 Å². The zero-order valence-electron chi connectivity index (χ0n) is 34.6. The van der Waals surface area contributed by atoms with Gasteiger partial charge < -0.3 is 52.8 Å². The van der Waals surface area contributed by atoms with Gasteiger partial charge in [0.15, 0.2) is 0 Å². The lowest BCUT2D eigenvalue weighted by atomic mass is 9.85. The van der Waals surface area contributed by atoms with Crippen molar-refractivity contribution in [3.05, 3.63) is 71.9 Å². The molecule has 6 unspecified atom stereocenters. The highest BCUT2D eigenvalue weighted by Crippen LogP contribution is 2.48. The van der Waals surface area contributed by atoms with Crippen molar-refractivity contribution in [3.63, 3.8) is 0 Å². The molecule has 2 heterocycles. The van der Waals surface area contributed by atoms with Gasteiger partial charge in [-0.2, -0.15) is 0 Å². The fraction of sp³-hybridized carbons (Fsp3) is 0.535. The molecule has 332 valence electrons. The van der Waals surface area contributed by atoms with Crippen molar-refractivity contribution in [2.24, 2.45) is 5.73 Å². The molecule has 6 amide bonds. The molecule has 1 saturated heterocycles. The lowest BCUT2D eigenvalue weighted by Gasteiger charge is -2.36. The number of carbonyl (C=O) groups is 6. The zero-order valence-corrected chi connectivity index (χ0v) is 36.2. The Labute approximate surface area is 364 Å². The maximum Gasteiger partial charge on any atom is 0.245 e. The summed E-state index contributed by atoms with van der Waals surface area (Å²) in [6.07, 6.45) is 5.82. The Balaban J connectivity index is 1.54. The second kappa shape index (κ2) is 23.6. The second-order valence-electron chi connectivity index (χ2n) is 15.9. The standard InChI is InChI=1S/C43H60N8O8S2/c1-27(53)37-42(59)50-35(38(55)45-20-21-52)26-60-61-43(17-9-3-10-18-43)24-36(54)47-33(22-28-12-4-2-5-13-28)40(57)49-34(23-29-25-46-31-15-7-6-14-30(29)31)41(58)48-32(39(56)51-37)16-8-11-19-44/h2,4-7,12-15,25,27,32-35,37,46,52-53H,3,8-11,16-24,26,44H2,1H3,(H,45,55)(H,47,54)(H,48,58)(H,49,57)(H,50,59)(H,51,56). The lowest BCUT2D eigenvalue weighted by Crippen LogP contribution is -2.61. The van der Waals surface area contributed by atoms with Gasteiger partial charge in [0.05, 0.1) is 12.7 Å². The van der Waals surface area contributed by atoms with Crippen LogP contribution in [0.5, 0.6) is 0 Å². The number of para-hydroxylation sites is 1. The molecule has 2 fully saturated rings. The predicted molar refractivity (Wildman–Crippen MR) is 237 cm³/mol. The first-order valence-corrected chi connectivity index (χ1v) is 23.4. The van der Waals surface area contributed by atoms with Crippen LogP contribution >= 0.6 is 21.6 Å². The third-order valence-corrected chi connectivity index (χ3v) is 14.4. The Morgan fingerprint density at radius 1 is 0.836 bits per heavy atom. The number of nitrogens with one attached hydrogen (secondary N) is 7. The number of hydrogen-bond acceptors (Lipinski definition) is 11. The minimum Gasteiger partial charge on any atom is -0.395 e. The van der Waals surface area contributed by atoms with Crippen LogP contribution < -0.4 is 37.6 Å². The van der Waals surface area contributed by atoms with E-state index in [0.29, 0.717) is 32.2 Å². The maximum atomic E-state index is 14.5. The molecule has 2 aliphatic rings. The van der Waals surface area contributed by atoms with Gasteiger partial charge in [-0.25, -0.2) is 0 Å². The second-order valence-corrected chi connectivity index (χ2v) is 18.7. The number of benzene rings is 2. The molecule has 2 aromatic carbocycles. The number of H-pyrrole nitrogens is 1. The summed E-state index contributed by atoms with van der Waals surface area (Å²) in [5.74, 6) is -3.73. The summed E-state index contributed by atoms with van der Waals surface area (Å²) in [7, 11) is 2.78. The van der Waals surface area contributed by atoms with E-state index in [0.717, 1.165) is 41.3 Å². The number of nitrogens with two attached hydrogens (primary N) is 1. The average molecular weight is 881 g/mol. The van der Waals surface area contributed by atoms with E-state index in [4.69, 9.17) is 5.73 Å². The summed E-state index contributed by atoms with van der Waals surface area (Å²) in [5, 5.41) is 37.7. The predicted octanol–water partition coefficient (Wildman–Crippen LogP) is 1.48. The van der Waals surface area contributed by atoms with Crippen molar-refractivity contribution < 1.29 is 39.0 Å². The molecule has 1 aliphatic carbocycles. The van der Waals surface area contributed by atoms with Gasteiger partial charge in [-0.15, -0.1) is 0 Å². The number of aromatic amines is 1. The maximum absolute atomic E-state index is 14.5. The van der Waals surface area contributed by atoms with Gasteiger partial charge in [0.25, 0.3) is 0 Å². The number of carbonyl (C=O) groups excluding carboxylic acids is 6. The van der Waals surface area contributed by atoms with Crippen LogP contribution in [0.1, 0.15) is 75.8 Å². The van der Waals surface area contributed by atoms with Crippen molar-refractivity contribution in [1.82, 2.24) is 36.9 Å². The van der Waals surface area contributed by atoms with E-state index in [1.54, 1.807) is 6.20 Å². The summed E-state index contributed by atoms with van der Waals surface area (Å²) < 4.78 is -0.551. The molecule has 1 aliphatic heterocycles. The van der Waals surface area contributed by atoms with Crippen LogP contribution in [-0.4, -0.2) is 117 Å². The topological polar surface area (TPSA) is 257 Å². The molecule has 1 spiro atoms. The molecule has 3 aromatic rings. The van der Waals surface area contributed by atoms with Crippen LogP contribution in [0.3, 0.4) is 0 Å². The minimum absolute atomic E-state index is 0.0279. The summed E-state index contributed by atoms with van der Waals surface area (Å²) >= 11 is 0. The van der Waals surface area contributed by atoms with Gasteiger partial charge >= 0.3 is 0 Å². The summed E-state index contributed by atoms with van der Waals surface area (Å²) in [5.41, 5.74) is 8.13. The molecule has 16 nitrogen and oxygen atoms in total. The highest BCUT2D eigenvalue weighted by atomic mass is 33.1.